The molecule has 3 nitrogen and oxygen atoms in total. The molecule has 1 amide bonds. The number of hydrogen-bond acceptors (Lipinski definition) is 1. The lowest BCUT2D eigenvalue weighted by atomic mass is 10.1. The van der Waals surface area contributed by atoms with Crippen LogP contribution in [0.25, 0.3) is 10.9 Å². The monoisotopic (exact) mass is 220 g/mol. The van der Waals surface area contributed by atoms with Crippen LogP contribution in [0.3, 0.4) is 0 Å². The maximum absolute atomic E-state index is 10.6. The lowest BCUT2D eigenvalue weighted by molar-refractivity contribution is 0.261. The van der Waals surface area contributed by atoms with Gasteiger partial charge in [0, 0.05) is 23.6 Å². The smallest absolute Gasteiger partial charge is 0.275 e. The van der Waals surface area contributed by atoms with E-state index in [4.69, 9.17) is 0 Å². The zero-order valence-corrected chi connectivity index (χ0v) is 9.05. The number of nitrogens with one attached hydrogen (secondary N) is 2. The van der Waals surface area contributed by atoms with Crippen LogP contribution < -0.4 is 5.32 Å². The summed E-state index contributed by atoms with van der Waals surface area (Å²) in [6.45, 7) is 0.615. The van der Waals surface area contributed by atoms with Gasteiger partial charge >= 0.3 is 0 Å². The summed E-state index contributed by atoms with van der Waals surface area (Å²) in [7, 11) is 0. The Labute approximate surface area is 93.3 Å². The minimum atomic E-state index is -0.283. The van der Waals surface area contributed by atoms with Gasteiger partial charge in [0.05, 0.1) is 0 Å². The number of hydrogen-bond donors (Lipinski definition) is 3. The first kappa shape index (κ1) is 10.1. The Balaban J connectivity index is 2.11. The fourth-order valence-electron chi connectivity index (χ4n) is 1.64. The zero-order chi connectivity index (χ0) is 10.7. The molecule has 0 bridgehead atoms. The summed E-state index contributed by atoms with van der Waals surface area (Å²) in [6, 6.07) is 8.12. The number of carbonyl (C=O) groups is 1. The highest BCUT2D eigenvalue weighted by Crippen LogP contribution is 2.17. The summed E-state index contributed by atoms with van der Waals surface area (Å²) >= 11 is 3.65. The van der Waals surface area contributed by atoms with Gasteiger partial charge < -0.3 is 10.3 Å². The van der Waals surface area contributed by atoms with Gasteiger partial charge in [0.25, 0.3) is 5.24 Å². The quantitative estimate of drug-likeness (QED) is 0.683. The van der Waals surface area contributed by atoms with Crippen molar-refractivity contribution in [3.63, 3.8) is 0 Å². The Bertz CT molecular complexity index is 478. The van der Waals surface area contributed by atoms with Crippen LogP contribution in [0.4, 0.5) is 4.79 Å². The van der Waals surface area contributed by atoms with Gasteiger partial charge in [-0.2, -0.15) is 0 Å². The maximum atomic E-state index is 10.6. The Morgan fingerprint density at radius 3 is 3.00 bits per heavy atom. The lowest BCUT2D eigenvalue weighted by Crippen LogP contribution is -2.19. The average Bonchev–Trinajstić information content (AvgIpc) is 2.62. The number of carbonyl (C=O) groups excluding carboxylic acids is 1. The lowest BCUT2D eigenvalue weighted by Gasteiger charge is -2.00. The van der Waals surface area contributed by atoms with Crippen LogP contribution in [0.15, 0.2) is 30.5 Å². The fourth-order valence-corrected chi connectivity index (χ4v) is 1.75. The van der Waals surface area contributed by atoms with E-state index in [0.29, 0.717) is 6.54 Å². The Morgan fingerprint density at radius 2 is 2.20 bits per heavy atom. The van der Waals surface area contributed by atoms with Gasteiger partial charge in [0.2, 0.25) is 0 Å². The molecule has 2 N–H and O–H groups in total. The highest BCUT2D eigenvalue weighted by molar-refractivity contribution is 7.96. The van der Waals surface area contributed by atoms with Crippen molar-refractivity contribution in [3.05, 3.63) is 36.0 Å². The number of aromatic amines is 1. The molecule has 0 unspecified atom stereocenters. The molecule has 15 heavy (non-hydrogen) atoms. The van der Waals surface area contributed by atoms with Crippen molar-refractivity contribution < 1.29 is 4.79 Å². The highest BCUT2D eigenvalue weighted by atomic mass is 32.1. The van der Waals surface area contributed by atoms with E-state index >= 15 is 0 Å². The second-order valence-electron chi connectivity index (χ2n) is 3.34. The number of fused-ring (bicyclic) bond motifs is 1. The second-order valence-corrected chi connectivity index (χ2v) is 3.75. The van der Waals surface area contributed by atoms with Crippen molar-refractivity contribution >= 4 is 28.8 Å². The molecule has 1 heterocycles. The number of amides is 1. The van der Waals surface area contributed by atoms with Gasteiger partial charge in [-0.15, -0.1) is 0 Å². The van der Waals surface area contributed by atoms with E-state index in [2.05, 4.69) is 29.0 Å². The molecule has 2 aromatic rings. The number of benzene rings is 1. The largest absolute Gasteiger partial charge is 0.361 e. The van der Waals surface area contributed by atoms with Gasteiger partial charge in [-0.25, -0.2) is 0 Å². The summed E-state index contributed by atoms with van der Waals surface area (Å²) in [6.07, 6.45) is 2.80. The molecule has 0 saturated carbocycles. The zero-order valence-electron chi connectivity index (χ0n) is 8.16. The molecular formula is C11H12N2OS. The molecule has 0 fully saturated rings. The van der Waals surface area contributed by atoms with Crippen LogP contribution in [-0.4, -0.2) is 16.8 Å². The molecule has 2 rings (SSSR count). The van der Waals surface area contributed by atoms with E-state index in [9.17, 15) is 4.79 Å². The van der Waals surface area contributed by atoms with Gasteiger partial charge in [0.15, 0.2) is 0 Å². The molecular weight excluding hydrogens is 208 g/mol. The van der Waals surface area contributed by atoms with Gasteiger partial charge in [-0.05, 0) is 18.1 Å². The molecule has 78 valence electrons. The molecule has 4 heteroatoms. The Hall–Kier alpha value is -1.42. The molecule has 0 saturated heterocycles. The van der Waals surface area contributed by atoms with Gasteiger partial charge in [-0.3, -0.25) is 4.79 Å². The van der Waals surface area contributed by atoms with Crippen molar-refractivity contribution in [2.24, 2.45) is 0 Å². The SMILES string of the molecule is O=C(S)NCCc1c[nH]c2ccccc12. The predicted octanol–water partition coefficient (Wildman–Crippen LogP) is 2.35. The second kappa shape index (κ2) is 4.40. The Kier molecular flexibility index (Phi) is 2.97. The molecule has 1 aromatic carbocycles. The van der Waals surface area contributed by atoms with Crippen LogP contribution in [-0.2, 0) is 6.42 Å². The van der Waals surface area contributed by atoms with Crippen LogP contribution >= 0.6 is 12.6 Å². The summed E-state index contributed by atoms with van der Waals surface area (Å²) in [4.78, 5) is 13.8. The third kappa shape index (κ3) is 2.33. The third-order valence-corrected chi connectivity index (χ3v) is 2.50. The van der Waals surface area contributed by atoms with Crippen molar-refractivity contribution in [2.45, 2.75) is 6.42 Å². The Morgan fingerprint density at radius 1 is 1.40 bits per heavy atom. The van der Waals surface area contributed by atoms with E-state index in [0.717, 1.165) is 11.9 Å². The average molecular weight is 220 g/mol. The van der Waals surface area contributed by atoms with Crippen molar-refractivity contribution in [3.8, 4) is 0 Å². The summed E-state index contributed by atoms with van der Waals surface area (Å²) in [5.41, 5.74) is 2.34. The molecule has 0 aliphatic rings. The molecule has 0 aliphatic carbocycles. The summed E-state index contributed by atoms with van der Waals surface area (Å²) in [5.74, 6) is 0. The number of rotatable bonds is 3. The van der Waals surface area contributed by atoms with Crippen LogP contribution in [0.1, 0.15) is 5.56 Å². The van der Waals surface area contributed by atoms with E-state index in [-0.39, 0.29) is 5.24 Å². The summed E-state index contributed by atoms with van der Waals surface area (Å²) in [5, 5.41) is 3.59. The topological polar surface area (TPSA) is 44.9 Å². The van der Waals surface area contributed by atoms with Crippen LogP contribution in [0, 0.1) is 0 Å². The van der Waals surface area contributed by atoms with Gasteiger partial charge in [0.1, 0.15) is 0 Å². The highest BCUT2D eigenvalue weighted by Gasteiger charge is 2.02. The van der Waals surface area contributed by atoms with E-state index in [1.807, 2.05) is 24.4 Å². The van der Waals surface area contributed by atoms with Crippen molar-refractivity contribution in [1.82, 2.24) is 10.3 Å². The molecule has 1 aromatic heterocycles. The first-order valence-corrected chi connectivity index (χ1v) is 5.24. The van der Waals surface area contributed by atoms with Crippen molar-refractivity contribution in [2.75, 3.05) is 6.54 Å². The fraction of sp³-hybridized carbons (Fsp3) is 0.182. The number of thiol groups is 1. The van der Waals surface area contributed by atoms with Gasteiger partial charge in [-0.1, -0.05) is 30.8 Å². The van der Waals surface area contributed by atoms with Crippen molar-refractivity contribution in [1.29, 1.82) is 0 Å². The normalized spacial score (nSPS) is 10.5. The molecule has 0 aliphatic heterocycles. The number of para-hydroxylation sites is 1. The minimum Gasteiger partial charge on any atom is -0.361 e. The predicted molar refractivity (Wildman–Crippen MR) is 64.4 cm³/mol. The van der Waals surface area contributed by atoms with E-state index in [1.54, 1.807) is 0 Å². The number of aromatic nitrogens is 1. The standard InChI is InChI=1S/C11H12N2OS/c14-11(15)12-6-5-8-7-13-10-4-2-1-3-9(8)10/h1-4,7,13H,5-6H2,(H2,12,14,15). The van der Waals surface area contributed by atoms with E-state index < -0.39 is 0 Å². The number of H-pyrrole nitrogens is 1. The first-order valence-electron chi connectivity index (χ1n) is 4.79. The molecule has 0 radical (unpaired) electrons. The summed E-state index contributed by atoms with van der Waals surface area (Å²) < 4.78 is 0. The molecule has 0 atom stereocenters. The molecule has 0 spiro atoms. The minimum absolute atomic E-state index is 0.283. The first-order chi connectivity index (χ1) is 7.27. The van der Waals surface area contributed by atoms with E-state index in [1.165, 1.54) is 10.9 Å². The maximum Gasteiger partial charge on any atom is 0.275 e. The van der Waals surface area contributed by atoms with Crippen LogP contribution in [0.5, 0.6) is 0 Å². The van der Waals surface area contributed by atoms with Crippen LogP contribution in [0.2, 0.25) is 0 Å². The third-order valence-electron chi connectivity index (χ3n) is 2.35.